The van der Waals surface area contributed by atoms with Gasteiger partial charge in [-0.15, -0.1) is 0 Å². The molecule has 1 N–H and O–H groups in total. The van der Waals surface area contributed by atoms with E-state index in [2.05, 4.69) is 27.2 Å². The summed E-state index contributed by atoms with van der Waals surface area (Å²) in [6, 6.07) is 8.16. The standard InChI is InChI=1S/C20H24N4O4S/c1-23-17(8-7-16-5-3-4-6-19(16)29(2,26)27)15-18(22-23)20(25)21-9-10-24-11-13-28-14-12-24/h3-6,15H,9-14H2,1-2H3,(H,21,25). The summed E-state index contributed by atoms with van der Waals surface area (Å²) in [7, 11) is -1.69. The second-order valence-corrected chi connectivity index (χ2v) is 8.75. The van der Waals surface area contributed by atoms with E-state index in [1.807, 2.05) is 0 Å². The topological polar surface area (TPSA) is 93.5 Å². The molecule has 9 heteroatoms. The molecule has 0 aliphatic carbocycles. The van der Waals surface area contributed by atoms with Crippen LogP contribution in [-0.2, 0) is 21.6 Å². The van der Waals surface area contributed by atoms with Crippen LogP contribution in [0.2, 0.25) is 0 Å². The van der Waals surface area contributed by atoms with Crippen molar-refractivity contribution in [3.8, 4) is 11.8 Å². The third-order valence-electron chi connectivity index (χ3n) is 4.54. The minimum atomic E-state index is -3.38. The third kappa shape index (κ3) is 5.67. The van der Waals surface area contributed by atoms with Crippen LogP contribution in [0.25, 0.3) is 0 Å². The average molecular weight is 417 g/mol. The summed E-state index contributed by atoms with van der Waals surface area (Å²) in [5.41, 5.74) is 1.20. The lowest BCUT2D eigenvalue weighted by molar-refractivity contribution is 0.0383. The first-order valence-corrected chi connectivity index (χ1v) is 11.2. The van der Waals surface area contributed by atoms with E-state index in [1.54, 1.807) is 31.3 Å². The average Bonchev–Trinajstić information content (AvgIpc) is 3.07. The predicted octanol–water partition coefficient (Wildman–Crippen LogP) is 0.285. The number of ether oxygens (including phenoxy) is 1. The number of carbonyl (C=O) groups is 1. The van der Waals surface area contributed by atoms with Crippen molar-refractivity contribution in [2.45, 2.75) is 4.90 Å². The number of morpholine rings is 1. The minimum absolute atomic E-state index is 0.177. The van der Waals surface area contributed by atoms with Crippen molar-refractivity contribution >= 4 is 15.7 Å². The fourth-order valence-corrected chi connectivity index (χ4v) is 3.81. The largest absolute Gasteiger partial charge is 0.379 e. The van der Waals surface area contributed by atoms with Gasteiger partial charge in [-0.05, 0) is 18.1 Å². The Kier molecular flexibility index (Phi) is 6.69. The van der Waals surface area contributed by atoms with Gasteiger partial charge in [-0.1, -0.05) is 18.1 Å². The van der Waals surface area contributed by atoms with E-state index in [0.717, 1.165) is 39.1 Å². The summed E-state index contributed by atoms with van der Waals surface area (Å²) >= 11 is 0. The van der Waals surface area contributed by atoms with Gasteiger partial charge in [-0.25, -0.2) is 8.42 Å². The second kappa shape index (κ2) is 9.22. The molecule has 154 valence electrons. The van der Waals surface area contributed by atoms with Gasteiger partial charge in [-0.3, -0.25) is 14.4 Å². The monoisotopic (exact) mass is 416 g/mol. The smallest absolute Gasteiger partial charge is 0.271 e. The van der Waals surface area contributed by atoms with Crippen molar-refractivity contribution in [1.82, 2.24) is 20.0 Å². The molecule has 8 nitrogen and oxygen atoms in total. The second-order valence-electron chi connectivity index (χ2n) is 6.77. The number of carbonyl (C=O) groups excluding carboxylic acids is 1. The Morgan fingerprint density at radius 2 is 1.97 bits per heavy atom. The molecule has 0 unspecified atom stereocenters. The molecular formula is C20H24N4O4S. The van der Waals surface area contributed by atoms with Crippen LogP contribution in [0.15, 0.2) is 35.2 Å². The van der Waals surface area contributed by atoms with Crippen molar-refractivity contribution in [2.24, 2.45) is 7.05 Å². The first-order valence-electron chi connectivity index (χ1n) is 9.28. The van der Waals surface area contributed by atoms with Gasteiger partial charge in [0.05, 0.1) is 18.1 Å². The maximum atomic E-state index is 12.4. The molecule has 1 aromatic carbocycles. The molecule has 0 spiro atoms. The van der Waals surface area contributed by atoms with Crippen LogP contribution in [0.5, 0.6) is 0 Å². The molecule has 1 fully saturated rings. The van der Waals surface area contributed by atoms with Gasteiger partial charge in [-0.2, -0.15) is 5.10 Å². The van der Waals surface area contributed by atoms with Crippen LogP contribution in [0.1, 0.15) is 21.7 Å². The van der Waals surface area contributed by atoms with Crippen LogP contribution < -0.4 is 5.32 Å². The highest BCUT2D eigenvalue weighted by molar-refractivity contribution is 7.90. The lowest BCUT2D eigenvalue weighted by Gasteiger charge is -2.26. The number of aryl methyl sites for hydroxylation is 1. The Bertz CT molecular complexity index is 1040. The number of sulfone groups is 1. The van der Waals surface area contributed by atoms with Crippen LogP contribution in [-0.4, -0.2) is 74.7 Å². The third-order valence-corrected chi connectivity index (χ3v) is 5.70. The molecule has 1 aromatic heterocycles. The molecule has 1 saturated heterocycles. The number of hydrogen-bond acceptors (Lipinski definition) is 6. The van der Waals surface area contributed by atoms with Crippen molar-refractivity contribution in [1.29, 1.82) is 0 Å². The summed E-state index contributed by atoms with van der Waals surface area (Å²) in [6.45, 7) is 4.47. The summed E-state index contributed by atoms with van der Waals surface area (Å²) in [5, 5.41) is 7.07. The van der Waals surface area contributed by atoms with Crippen LogP contribution in [0.3, 0.4) is 0 Å². The summed E-state index contributed by atoms with van der Waals surface area (Å²) in [6.07, 6.45) is 1.15. The zero-order valence-electron chi connectivity index (χ0n) is 16.5. The zero-order chi connectivity index (χ0) is 20.9. The first-order chi connectivity index (χ1) is 13.8. The molecular weight excluding hydrogens is 392 g/mol. The number of nitrogens with one attached hydrogen (secondary N) is 1. The lowest BCUT2D eigenvalue weighted by Crippen LogP contribution is -2.41. The SMILES string of the molecule is Cn1nc(C(=O)NCCN2CCOCC2)cc1C#Cc1ccccc1S(C)(=O)=O. The van der Waals surface area contributed by atoms with E-state index in [9.17, 15) is 13.2 Å². The Balaban J connectivity index is 1.67. The number of hydrogen-bond donors (Lipinski definition) is 1. The van der Waals surface area contributed by atoms with Gasteiger partial charge in [0.2, 0.25) is 0 Å². The summed E-state index contributed by atoms with van der Waals surface area (Å²) < 4.78 is 30.6. The Hall–Kier alpha value is -2.67. The Morgan fingerprint density at radius 3 is 2.69 bits per heavy atom. The fourth-order valence-electron chi connectivity index (χ4n) is 2.96. The van der Waals surface area contributed by atoms with E-state index in [0.29, 0.717) is 17.8 Å². The van der Waals surface area contributed by atoms with Gasteiger partial charge in [0.1, 0.15) is 5.69 Å². The molecule has 0 atom stereocenters. The maximum absolute atomic E-state index is 12.4. The molecule has 3 rings (SSSR count). The first kappa shape index (κ1) is 21.0. The highest BCUT2D eigenvalue weighted by Gasteiger charge is 2.14. The van der Waals surface area contributed by atoms with E-state index in [-0.39, 0.29) is 16.5 Å². The van der Waals surface area contributed by atoms with Crippen LogP contribution in [0.4, 0.5) is 0 Å². The van der Waals surface area contributed by atoms with Crippen molar-refractivity contribution in [3.05, 3.63) is 47.3 Å². The number of benzene rings is 1. The summed E-state index contributed by atoms with van der Waals surface area (Å²) in [4.78, 5) is 14.8. The van der Waals surface area contributed by atoms with Gasteiger partial charge >= 0.3 is 0 Å². The van der Waals surface area contributed by atoms with Crippen molar-refractivity contribution in [2.75, 3.05) is 45.6 Å². The molecule has 0 bridgehead atoms. The van der Waals surface area contributed by atoms with Crippen LogP contribution >= 0.6 is 0 Å². The normalized spacial score (nSPS) is 14.8. The quantitative estimate of drug-likeness (QED) is 0.704. The van der Waals surface area contributed by atoms with Gasteiger partial charge in [0.15, 0.2) is 15.5 Å². The molecule has 2 heterocycles. The minimum Gasteiger partial charge on any atom is -0.379 e. The number of rotatable bonds is 5. The van der Waals surface area contributed by atoms with Crippen molar-refractivity contribution < 1.29 is 17.9 Å². The molecule has 29 heavy (non-hydrogen) atoms. The maximum Gasteiger partial charge on any atom is 0.271 e. The molecule has 2 aromatic rings. The Labute approximate surface area is 170 Å². The predicted molar refractivity (Wildman–Crippen MR) is 108 cm³/mol. The van der Waals surface area contributed by atoms with Gasteiger partial charge in [0.25, 0.3) is 5.91 Å². The van der Waals surface area contributed by atoms with Crippen LogP contribution in [0, 0.1) is 11.8 Å². The van der Waals surface area contributed by atoms with Gasteiger partial charge < -0.3 is 10.1 Å². The molecule has 1 aliphatic heterocycles. The number of nitrogens with zero attached hydrogens (tertiary/aromatic N) is 3. The molecule has 1 amide bonds. The van der Waals surface area contributed by atoms with E-state index in [4.69, 9.17) is 4.74 Å². The van der Waals surface area contributed by atoms with E-state index in [1.165, 1.54) is 10.7 Å². The van der Waals surface area contributed by atoms with Gasteiger partial charge in [0, 0.05) is 51.1 Å². The fraction of sp³-hybridized carbons (Fsp3) is 0.400. The van der Waals surface area contributed by atoms with Crippen molar-refractivity contribution in [3.63, 3.8) is 0 Å². The highest BCUT2D eigenvalue weighted by Crippen LogP contribution is 2.14. The molecule has 1 aliphatic rings. The molecule has 0 radical (unpaired) electrons. The highest BCUT2D eigenvalue weighted by atomic mass is 32.2. The number of aromatic nitrogens is 2. The molecule has 0 saturated carbocycles. The summed E-state index contributed by atoms with van der Waals surface area (Å²) in [5.74, 6) is 5.52. The number of amides is 1. The zero-order valence-corrected chi connectivity index (χ0v) is 17.3. The van der Waals surface area contributed by atoms with E-state index >= 15 is 0 Å². The lowest BCUT2D eigenvalue weighted by atomic mass is 10.2. The van der Waals surface area contributed by atoms with E-state index < -0.39 is 9.84 Å². The Morgan fingerprint density at radius 1 is 1.24 bits per heavy atom.